The predicted molar refractivity (Wildman–Crippen MR) is 149 cm³/mol. The van der Waals surface area contributed by atoms with Crippen molar-refractivity contribution in [1.29, 1.82) is 0 Å². The predicted octanol–water partition coefficient (Wildman–Crippen LogP) is 6.03. The lowest BCUT2D eigenvalue weighted by atomic mass is 10.1. The number of nitrogens with one attached hydrogen (secondary N) is 2. The molecule has 0 aliphatic rings. The van der Waals surface area contributed by atoms with E-state index < -0.39 is 0 Å². The third-order valence-corrected chi connectivity index (χ3v) is 5.85. The molecule has 0 fully saturated rings. The molecule has 0 aromatic heterocycles. The summed E-state index contributed by atoms with van der Waals surface area (Å²) in [6.07, 6.45) is 0.847. The number of hydrogen-bond acceptors (Lipinski definition) is 4. The lowest BCUT2D eigenvalue weighted by Crippen LogP contribution is -2.30. The first-order valence-corrected chi connectivity index (χ1v) is 12.4. The van der Waals surface area contributed by atoms with Crippen LogP contribution in [0.15, 0.2) is 109 Å². The molecule has 4 aromatic rings. The summed E-state index contributed by atoms with van der Waals surface area (Å²) < 4.78 is 5.81. The fourth-order valence-corrected chi connectivity index (χ4v) is 3.89. The Bertz CT molecular complexity index is 1280. The van der Waals surface area contributed by atoms with Crippen LogP contribution in [0.4, 0.5) is 17.1 Å². The highest BCUT2D eigenvalue weighted by molar-refractivity contribution is 6.06. The normalized spacial score (nSPS) is 10.4. The van der Waals surface area contributed by atoms with Crippen molar-refractivity contribution >= 4 is 28.9 Å². The standard InChI is InChI=1S/C31H31N3O3/c1-2-34(28-11-7-4-8-12-28)31(36)25-13-15-27(16-14-25)33-30(35)23-32-26-17-19-29(20-18-26)37-22-21-24-9-5-3-6-10-24/h3-20,32H,2,21-23H2,1H3,(H,33,35). The molecule has 4 rings (SSSR count). The summed E-state index contributed by atoms with van der Waals surface area (Å²) in [7, 11) is 0. The van der Waals surface area contributed by atoms with Crippen LogP contribution < -0.4 is 20.3 Å². The molecule has 0 bridgehead atoms. The fraction of sp³-hybridized carbons (Fsp3) is 0.161. The zero-order valence-corrected chi connectivity index (χ0v) is 20.9. The second-order valence-corrected chi connectivity index (χ2v) is 8.47. The third kappa shape index (κ3) is 7.45. The molecule has 0 aliphatic carbocycles. The maximum Gasteiger partial charge on any atom is 0.258 e. The molecule has 0 radical (unpaired) electrons. The highest BCUT2D eigenvalue weighted by Crippen LogP contribution is 2.19. The minimum absolute atomic E-state index is 0.0827. The zero-order chi connectivity index (χ0) is 25.9. The van der Waals surface area contributed by atoms with Gasteiger partial charge in [-0.05, 0) is 73.2 Å². The SMILES string of the molecule is CCN(C(=O)c1ccc(NC(=O)CNc2ccc(OCCc3ccccc3)cc2)cc1)c1ccccc1. The summed E-state index contributed by atoms with van der Waals surface area (Å²) in [5, 5.41) is 5.97. The maximum atomic E-state index is 12.9. The number of carbonyl (C=O) groups excluding carboxylic acids is 2. The van der Waals surface area contributed by atoms with Crippen LogP contribution in [0, 0.1) is 0 Å². The van der Waals surface area contributed by atoms with Crippen molar-refractivity contribution < 1.29 is 14.3 Å². The Morgan fingerprint density at radius 1 is 0.757 bits per heavy atom. The topological polar surface area (TPSA) is 70.7 Å². The largest absolute Gasteiger partial charge is 0.493 e. The Labute approximate surface area is 217 Å². The molecule has 2 amide bonds. The lowest BCUT2D eigenvalue weighted by molar-refractivity contribution is -0.114. The quantitative estimate of drug-likeness (QED) is 0.268. The van der Waals surface area contributed by atoms with Gasteiger partial charge in [0.05, 0.1) is 13.2 Å². The zero-order valence-electron chi connectivity index (χ0n) is 20.9. The molecular weight excluding hydrogens is 462 g/mol. The first-order valence-electron chi connectivity index (χ1n) is 12.4. The van der Waals surface area contributed by atoms with E-state index in [1.54, 1.807) is 29.2 Å². The van der Waals surface area contributed by atoms with E-state index in [1.807, 2.05) is 79.7 Å². The van der Waals surface area contributed by atoms with Crippen molar-refractivity contribution in [1.82, 2.24) is 0 Å². The molecule has 6 nitrogen and oxygen atoms in total. The number of nitrogens with zero attached hydrogens (tertiary/aromatic N) is 1. The van der Waals surface area contributed by atoms with Gasteiger partial charge in [-0.1, -0.05) is 48.5 Å². The highest BCUT2D eigenvalue weighted by Gasteiger charge is 2.16. The van der Waals surface area contributed by atoms with Crippen molar-refractivity contribution in [2.24, 2.45) is 0 Å². The molecule has 6 heteroatoms. The van der Waals surface area contributed by atoms with E-state index in [4.69, 9.17) is 4.74 Å². The van der Waals surface area contributed by atoms with Gasteiger partial charge in [0.2, 0.25) is 5.91 Å². The van der Waals surface area contributed by atoms with Crippen LogP contribution >= 0.6 is 0 Å². The smallest absolute Gasteiger partial charge is 0.258 e. The van der Waals surface area contributed by atoms with Crippen LogP contribution in [0.1, 0.15) is 22.8 Å². The monoisotopic (exact) mass is 493 g/mol. The summed E-state index contributed by atoms with van der Waals surface area (Å²) in [5.41, 5.74) is 4.11. The molecular formula is C31H31N3O3. The van der Waals surface area contributed by atoms with Gasteiger partial charge < -0.3 is 20.3 Å². The summed E-state index contributed by atoms with van der Waals surface area (Å²) in [6.45, 7) is 3.23. The van der Waals surface area contributed by atoms with Gasteiger partial charge in [0, 0.05) is 35.6 Å². The molecule has 0 spiro atoms. The first-order chi connectivity index (χ1) is 18.1. The highest BCUT2D eigenvalue weighted by atomic mass is 16.5. The number of amides is 2. The van der Waals surface area contributed by atoms with Crippen LogP contribution in [-0.2, 0) is 11.2 Å². The Hall–Kier alpha value is -4.58. The molecule has 188 valence electrons. The van der Waals surface area contributed by atoms with Gasteiger partial charge in [-0.2, -0.15) is 0 Å². The third-order valence-electron chi connectivity index (χ3n) is 5.85. The van der Waals surface area contributed by atoms with E-state index in [9.17, 15) is 9.59 Å². The molecule has 0 saturated carbocycles. The van der Waals surface area contributed by atoms with E-state index in [2.05, 4.69) is 22.8 Å². The molecule has 0 atom stereocenters. The average molecular weight is 494 g/mol. The van der Waals surface area contributed by atoms with Gasteiger partial charge in [-0.15, -0.1) is 0 Å². The van der Waals surface area contributed by atoms with Crippen molar-refractivity contribution in [3.8, 4) is 5.75 Å². The van der Waals surface area contributed by atoms with Crippen LogP contribution in [0.3, 0.4) is 0 Å². The Morgan fingerprint density at radius 3 is 2.03 bits per heavy atom. The van der Waals surface area contributed by atoms with E-state index in [1.165, 1.54) is 5.56 Å². The summed E-state index contributed by atoms with van der Waals surface area (Å²) >= 11 is 0. The van der Waals surface area contributed by atoms with Crippen molar-refractivity contribution in [3.05, 3.63) is 120 Å². The van der Waals surface area contributed by atoms with Crippen molar-refractivity contribution in [2.75, 3.05) is 35.2 Å². The molecule has 0 saturated heterocycles. The minimum Gasteiger partial charge on any atom is -0.493 e. The van der Waals surface area contributed by atoms with Gasteiger partial charge in [0.15, 0.2) is 0 Å². The summed E-state index contributed by atoms with van der Waals surface area (Å²) in [5.74, 6) is 0.525. The van der Waals surface area contributed by atoms with Crippen LogP contribution in [0.2, 0.25) is 0 Å². The summed E-state index contributed by atoms with van der Waals surface area (Å²) in [6, 6.07) is 34.3. The summed E-state index contributed by atoms with van der Waals surface area (Å²) in [4.78, 5) is 27.1. The minimum atomic E-state index is -0.179. The molecule has 0 unspecified atom stereocenters. The van der Waals surface area contributed by atoms with E-state index in [0.29, 0.717) is 24.4 Å². The molecule has 0 aliphatic heterocycles. The number of para-hydroxylation sites is 1. The number of rotatable bonds is 11. The number of benzene rings is 4. The molecule has 0 heterocycles. The average Bonchev–Trinajstić information content (AvgIpc) is 2.94. The van der Waals surface area contributed by atoms with E-state index in [-0.39, 0.29) is 18.4 Å². The van der Waals surface area contributed by atoms with Gasteiger partial charge >= 0.3 is 0 Å². The van der Waals surface area contributed by atoms with E-state index >= 15 is 0 Å². The molecule has 37 heavy (non-hydrogen) atoms. The maximum absolute atomic E-state index is 12.9. The van der Waals surface area contributed by atoms with Crippen molar-refractivity contribution in [2.45, 2.75) is 13.3 Å². The molecule has 2 N–H and O–H groups in total. The number of anilines is 3. The first kappa shape index (κ1) is 25.5. The van der Waals surface area contributed by atoms with Gasteiger partial charge in [-0.3, -0.25) is 9.59 Å². The van der Waals surface area contributed by atoms with Crippen LogP contribution in [0.25, 0.3) is 0 Å². The Morgan fingerprint density at radius 2 is 1.38 bits per heavy atom. The second-order valence-electron chi connectivity index (χ2n) is 8.47. The molecule has 4 aromatic carbocycles. The van der Waals surface area contributed by atoms with Gasteiger partial charge in [0.25, 0.3) is 5.91 Å². The Kier molecular flexibility index (Phi) is 8.92. The van der Waals surface area contributed by atoms with E-state index in [0.717, 1.165) is 23.5 Å². The number of carbonyl (C=O) groups is 2. The van der Waals surface area contributed by atoms with Crippen LogP contribution in [-0.4, -0.2) is 31.5 Å². The van der Waals surface area contributed by atoms with Crippen molar-refractivity contribution in [3.63, 3.8) is 0 Å². The van der Waals surface area contributed by atoms with Gasteiger partial charge in [0.1, 0.15) is 5.75 Å². The van der Waals surface area contributed by atoms with Crippen LogP contribution in [0.5, 0.6) is 5.75 Å². The lowest BCUT2D eigenvalue weighted by Gasteiger charge is -2.21. The number of ether oxygens (including phenoxy) is 1. The van der Waals surface area contributed by atoms with Gasteiger partial charge in [-0.25, -0.2) is 0 Å². The fourth-order valence-electron chi connectivity index (χ4n) is 3.89. The Balaban J connectivity index is 1.22. The second kappa shape index (κ2) is 12.9. The number of hydrogen-bond donors (Lipinski definition) is 2.